The average molecular weight is 234 g/mol. The van der Waals surface area contributed by atoms with Gasteiger partial charge in [0.05, 0.1) is 19.6 Å². The van der Waals surface area contributed by atoms with E-state index in [1.54, 1.807) is 0 Å². The number of carbonyl (C=O) groups is 1. The highest BCUT2D eigenvalue weighted by molar-refractivity contribution is 5.73. The van der Waals surface area contributed by atoms with Crippen molar-refractivity contribution in [1.29, 1.82) is 0 Å². The first-order valence-corrected chi connectivity index (χ1v) is 6.07. The van der Waals surface area contributed by atoms with Crippen LogP contribution in [0.25, 0.3) is 0 Å². The van der Waals surface area contributed by atoms with Crippen LogP contribution in [0.15, 0.2) is 18.2 Å². The summed E-state index contributed by atoms with van der Waals surface area (Å²) in [7, 11) is 1.45. The van der Waals surface area contributed by atoms with Crippen molar-refractivity contribution < 1.29 is 14.3 Å². The Balaban J connectivity index is 2.14. The van der Waals surface area contributed by atoms with Crippen LogP contribution in [0, 0.1) is 5.92 Å². The molecule has 1 aliphatic rings. The quantitative estimate of drug-likeness (QED) is 0.753. The van der Waals surface area contributed by atoms with E-state index in [9.17, 15) is 4.79 Å². The molecule has 1 aromatic carbocycles. The second-order valence-corrected chi connectivity index (χ2v) is 4.33. The van der Waals surface area contributed by atoms with E-state index in [1.807, 2.05) is 13.0 Å². The van der Waals surface area contributed by atoms with Gasteiger partial charge in [-0.3, -0.25) is 4.79 Å². The van der Waals surface area contributed by atoms with Crippen LogP contribution in [0.1, 0.15) is 24.5 Å². The van der Waals surface area contributed by atoms with Gasteiger partial charge in [0.25, 0.3) is 0 Å². The third kappa shape index (κ3) is 2.60. The minimum atomic E-state index is -0.0930. The van der Waals surface area contributed by atoms with E-state index in [4.69, 9.17) is 9.47 Å². The molecule has 0 saturated heterocycles. The molecule has 0 heterocycles. The predicted octanol–water partition coefficient (Wildman–Crippen LogP) is 2.36. The number of carbonyl (C=O) groups excluding carboxylic acids is 1. The summed E-state index contributed by atoms with van der Waals surface area (Å²) >= 11 is 0. The van der Waals surface area contributed by atoms with Crippen molar-refractivity contribution in [2.75, 3.05) is 13.7 Å². The smallest absolute Gasteiger partial charge is 0.309 e. The normalized spacial score (nSPS) is 18.4. The minimum absolute atomic E-state index is 0.0189. The van der Waals surface area contributed by atoms with E-state index in [-0.39, 0.29) is 11.9 Å². The topological polar surface area (TPSA) is 35.5 Å². The highest BCUT2D eigenvalue weighted by atomic mass is 16.5. The molecular weight excluding hydrogens is 216 g/mol. The number of methoxy groups -OCH3 is 1. The highest BCUT2D eigenvalue weighted by Gasteiger charge is 2.25. The Hall–Kier alpha value is -1.51. The molecule has 0 fully saturated rings. The highest BCUT2D eigenvalue weighted by Crippen LogP contribution is 2.29. The van der Waals surface area contributed by atoms with Crippen LogP contribution >= 0.6 is 0 Å². The van der Waals surface area contributed by atoms with E-state index in [0.717, 1.165) is 25.0 Å². The molecule has 0 amide bonds. The van der Waals surface area contributed by atoms with E-state index in [0.29, 0.717) is 6.61 Å². The summed E-state index contributed by atoms with van der Waals surface area (Å²) in [5, 5.41) is 0. The molecule has 0 aliphatic heterocycles. The fourth-order valence-corrected chi connectivity index (χ4v) is 2.36. The lowest BCUT2D eigenvalue weighted by atomic mass is 9.84. The number of fused-ring (bicyclic) bond motifs is 1. The first kappa shape index (κ1) is 12.0. The second kappa shape index (κ2) is 5.21. The van der Waals surface area contributed by atoms with E-state index in [1.165, 1.54) is 18.2 Å². The molecule has 0 spiro atoms. The fraction of sp³-hybridized carbons (Fsp3) is 0.500. The van der Waals surface area contributed by atoms with Crippen LogP contribution in [-0.2, 0) is 22.4 Å². The number of esters is 1. The maximum Gasteiger partial charge on any atom is 0.309 e. The van der Waals surface area contributed by atoms with Gasteiger partial charge < -0.3 is 9.47 Å². The van der Waals surface area contributed by atoms with Crippen molar-refractivity contribution in [1.82, 2.24) is 0 Å². The summed E-state index contributed by atoms with van der Waals surface area (Å²) in [6.45, 7) is 2.66. The van der Waals surface area contributed by atoms with Gasteiger partial charge in [-0.25, -0.2) is 0 Å². The number of hydrogen-bond donors (Lipinski definition) is 0. The van der Waals surface area contributed by atoms with Crippen LogP contribution in [0.5, 0.6) is 5.75 Å². The molecule has 2 rings (SSSR count). The predicted molar refractivity (Wildman–Crippen MR) is 65.1 cm³/mol. The Morgan fingerprint density at radius 1 is 1.41 bits per heavy atom. The number of benzene rings is 1. The molecule has 92 valence electrons. The lowest BCUT2D eigenvalue weighted by Gasteiger charge is -2.23. The van der Waals surface area contributed by atoms with Crippen LogP contribution in [0.4, 0.5) is 0 Å². The monoisotopic (exact) mass is 234 g/mol. The zero-order valence-electron chi connectivity index (χ0n) is 10.4. The Bertz CT molecular complexity index is 412. The van der Waals surface area contributed by atoms with Gasteiger partial charge in [0.15, 0.2) is 0 Å². The average Bonchev–Trinajstić information content (AvgIpc) is 2.37. The Labute approximate surface area is 102 Å². The standard InChI is InChI=1S/C14H18O3/c1-3-17-13-7-6-10-8-12(14(15)16-2)5-4-11(10)9-13/h6-7,9,12H,3-5,8H2,1-2H3. The van der Waals surface area contributed by atoms with Gasteiger partial charge in [0, 0.05) is 0 Å². The molecular formula is C14H18O3. The minimum Gasteiger partial charge on any atom is -0.494 e. The molecule has 0 saturated carbocycles. The van der Waals surface area contributed by atoms with E-state index >= 15 is 0 Å². The van der Waals surface area contributed by atoms with Gasteiger partial charge in [0.2, 0.25) is 0 Å². The largest absolute Gasteiger partial charge is 0.494 e. The molecule has 1 aromatic rings. The molecule has 1 aliphatic carbocycles. The van der Waals surface area contributed by atoms with Crippen LogP contribution in [0.2, 0.25) is 0 Å². The van der Waals surface area contributed by atoms with Crippen molar-refractivity contribution in [2.45, 2.75) is 26.2 Å². The second-order valence-electron chi connectivity index (χ2n) is 4.33. The summed E-state index contributed by atoms with van der Waals surface area (Å²) in [5.41, 5.74) is 2.55. The van der Waals surface area contributed by atoms with Gasteiger partial charge in [-0.1, -0.05) is 6.07 Å². The van der Waals surface area contributed by atoms with Gasteiger partial charge >= 0.3 is 5.97 Å². The maximum atomic E-state index is 11.5. The van der Waals surface area contributed by atoms with Crippen molar-refractivity contribution >= 4 is 5.97 Å². The third-order valence-electron chi connectivity index (χ3n) is 3.25. The van der Waals surface area contributed by atoms with Crippen molar-refractivity contribution in [2.24, 2.45) is 5.92 Å². The maximum absolute atomic E-state index is 11.5. The van der Waals surface area contributed by atoms with Gasteiger partial charge in [-0.2, -0.15) is 0 Å². The first-order chi connectivity index (χ1) is 8.24. The van der Waals surface area contributed by atoms with Crippen molar-refractivity contribution in [3.63, 3.8) is 0 Å². The Kier molecular flexibility index (Phi) is 3.67. The Morgan fingerprint density at radius 3 is 2.94 bits per heavy atom. The Morgan fingerprint density at radius 2 is 2.24 bits per heavy atom. The molecule has 0 radical (unpaired) electrons. The summed E-state index contributed by atoms with van der Waals surface area (Å²) in [5.74, 6) is 0.845. The van der Waals surface area contributed by atoms with Crippen LogP contribution in [-0.4, -0.2) is 19.7 Å². The molecule has 0 N–H and O–H groups in total. The molecule has 17 heavy (non-hydrogen) atoms. The SMILES string of the molecule is CCOc1ccc2c(c1)CCC(C(=O)OC)C2. The molecule has 3 nitrogen and oxygen atoms in total. The van der Waals surface area contributed by atoms with Gasteiger partial charge in [-0.15, -0.1) is 0 Å². The zero-order chi connectivity index (χ0) is 12.3. The fourth-order valence-electron chi connectivity index (χ4n) is 2.36. The van der Waals surface area contributed by atoms with E-state index < -0.39 is 0 Å². The number of aryl methyl sites for hydroxylation is 1. The van der Waals surface area contributed by atoms with Crippen molar-refractivity contribution in [3.8, 4) is 5.75 Å². The van der Waals surface area contributed by atoms with Gasteiger partial charge in [-0.05, 0) is 49.4 Å². The number of ether oxygens (including phenoxy) is 2. The lowest BCUT2D eigenvalue weighted by Crippen LogP contribution is -2.23. The number of rotatable bonds is 3. The summed E-state index contributed by atoms with van der Waals surface area (Å²) in [6.07, 6.45) is 2.58. The first-order valence-electron chi connectivity index (χ1n) is 6.07. The van der Waals surface area contributed by atoms with Crippen molar-refractivity contribution in [3.05, 3.63) is 29.3 Å². The molecule has 1 unspecified atom stereocenters. The summed E-state index contributed by atoms with van der Waals surface area (Å²) in [6, 6.07) is 6.13. The zero-order valence-corrected chi connectivity index (χ0v) is 10.4. The molecule has 3 heteroatoms. The van der Waals surface area contributed by atoms with Crippen LogP contribution in [0.3, 0.4) is 0 Å². The molecule has 0 aromatic heterocycles. The molecule has 1 atom stereocenters. The summed E-state index contributed by atoms with van der Waals surface area (Å²) in [4.78, 5) is 11.5. The summed E-state index contributed by atoms with van der Waals surface area (Å²) < 4.78 is 10.3. The third-order valence-corrected chi connectivity index (χ3v) is 3.25. The van der Waals surface area contributed by atoms with E-state index in [2.05, 4.69) is 12.1 Å². The lowest BCUT2D eigenvalue weighted by molar-refractivity contribution is -0.145. The van der Waals surface area contributed by atoms with Crippen LogP contribution < -0.4 is 4.74 Å². The number of hydrogen-bond acceptors (Lipinski definition) is 3. The molecule has 0 bridgehead atoms. The van der Waals surface area contributed by atoms with Gasteiger partial charge in [0.1, 0.15) is 5.75 Å².